The van der Waals surface area contributed by atoms with Crippen molar-refractivity contribution in [3.63, 3.8) is 0 Å². The first-order chi connectivity index (χ1) is 19.8. The predicted octanol–water partition coefficient (Wildman–Crippen LogP) is 2.70. The van der Waals surface area contributed by atoms with Gasteiger partial charge in [0, 0.05) is 23.8 Å². The molecule has 1 aromatic carbocycles. The summed E-state index contributed by atoms with van der Waals surface area (Å²) in [5, 5.41) is 18.5. The van der Waals surface area contributed by atoms with Gasteiger partial charge >= 0.3 is 12.2 Å². The molecule has 14 nitrogen and oxygen atoms in total. The molecule has 0 saturated carbocycles. The number of ether oxygens (including phenoxy) is 2. The average Bonchev–Trinajstić information content (AvgIpc) is 2.89. The number of nitrogens with one attached hydrogen (secondary N) is 4. The number of benzene rings is 1. The second kappa shape index (κ2) is 21.7. The quantitative estimate of drug-likeness (QED) is 0.114. The predicted molar refractivity (Wildman–Crippen MR) is 165 cm³/mol. The van der Waals surface area contributed by atoms with Crippen molar-refractivity contribution in [3.05, 3.63) is 29.8 Å². The Kier molecular flexibility index (Phi) is 20.8. The van der Waals surface area contributed by atoms with Crippen LogP contribution in [0.2, 0.25) is 0 Å². The molecule has 0 fully saturated rings. The van der Waals surface area contributed by atoms with Gasteiger partial charge in [0.15, 0.2) is 0 Å². The van der Waals surface area contributed by atoms with Gasteiger partial charge in [-0.25, -0.2) is 9.59 Å². The van der Waals surface area contributed by atoms with Crippen LogP contribution < -0.4 is 32.7 Å². The number of rotatable bonds is 15. The molecule has 0 spiro atoms. The first kappa shape index (κ1) is 41.2. The molecule has 0 bridgehead atoms. The number of urea groups is 1. The molecule has 0 saturated heterocycles. The average molecular weight is 613 g/mol. The highest BCUT2D eigenvalue weighted by Gasteiger charge is 2.26. The number of nitrogens with two attached hydrogens (primary N) is 2. The molecule has 0 radical (unpaired) electrons. The van der Waals surface area contributed by atoms with Gasteiger partial charge in [0.2, 0.25) is 18.2 Å². The van der Waals surface area contributed by atoms with Crippen LogP contribution in [-0.2, 0) is 30.5 Å². The smallest absolute Gasteiger partial charge is 0.450 e. The molecule has 1 rings (SSSR count). The van der Waals surface area contributed by atoms with E-state index < -0.39 is 17.8 Å². The Labute approximate surface area is 255 Å². The summed E-state index contributed by atoms with van der Waals surface area (Å²) in [6.07, 6.45) is 0.377. The largest absolute Gasteiger partial charge is 0.506 e. The van der Waals surface area contributed by atoms with E-state index in [9.17, 15) is 24.0 Å². The third kappa shape index (κ3) is 26.7. The van der Waals surface area contributed by atoms with Crippen LogP contribution >= 0.6 is 0 Å². The minimum atomic E-state index is -1.34. The lowest BCUT2D eigenvalue weighted by Crippen LogP contribution is -2.44. The molecule has 14 heteroatoms. The molecule has 0 aliphatic heterocycles. The number of anilines is 1. The fourth-order valence-electron chi connectivity index (χ4n) is 2.71. The Morgan fingerprint density at radius 1 is 1.02 bits per heavy atom. The Balaban J connectivity index is 0. The zero-order chi connectivity index (χ0) is 33.6. The summed E-state index contributed by atoms with van der Waals surface area (Å²) >= 11 is 0. The van der Waals surface area contributed by atoms with Crippen molar-refractivity contribution in [2.45, 2.75) is 92.0 Å². The maximum atomic E-state index is 11.9. The van der Waals surface area contributed by atoms with Crippen molar-refractivity contribution < 1.29 is 38.6 Å². The number of hydrogen-bond acceptors (Lipinski definition) is 8. The van der Waals surface area contributed by atoms with Crippen LogP contribution in [0.3, 0.4) is 0 Å². The van der Waals surface area contributed by atoms with Crippen LogP contribution in [0, 0.1) is 5.92 Å². The number of primary amides is 1. The van der Waals surface area contributed by atoms with Gasteiger partial charge in [-0.2, -0.15) is 0 Å². The number of amides is 5. The number of carbonyl (C=O) groups excluding carboxylic acids is 4. The number of carboxylic acid groups (broad SMARTS) is 1. The van der Waals surface area contributed by atoms with Crippen molar-refractivity contribution in [1.82, 2.24) is 16.0 Å². The topological polar surface area (TPSA) is 224 Å². The molecule has 1 unspecified atom stereocenters. The summed E-state index contributed by atoms with van der Waals surface area (Å²) in [6.45, 7) is 16.8. The fourth-order valence-corrected chi connectivity index (χ4v) is 2.71. The molecule has 246 valence electrons. The lowest BCUT2D eigenvalue weighted by Gasteiger charge is -2.30. The summed E-state index contributed by atoms with van der Waals surface area (Å²) in [6, 6.07) is 6.22. The van der Waals surface area contributed by atoms with Crippen molar-refractivity contribution in [2.24, 2.45) is 17.4 Å². The molecule has 1 aromatic rings. The molecular weight excluding hydrogens is 560 g/mol. The third-order valence-electron chi connectivity index (χ3n) is 5.31. The van der Waals surface area contributed by atoms with E-state index in [0.717, 1.165) is 6.42 Å². The SMILES string of the molecule is CC(C)C(C)NC(=O)CC(C)(C)OCC(C)(C)N.CCCNC(N)=O.O=CNCC(=O)Nc1ccc(COC(=O)O)cc1. The molecule has 5 amide bonds. The first-order valence-corrected chi connectivity index (χ1v) is 14.0. The monoisotopic (exact) mass is 612 g/mol. The van der Waals surface area contributed by atoms with Crippen molar-refractivity contribution >= 4 is 36.1 Å². The van der Waals surface area contributed by atoms with Gasteiger partial charge in [-0.15, -0.1) is 0 Å². The molecule has 0 aliphatic rings. The minimum Gasteiger partial charge on any atom is -0.450 e. The summed E-state index contributed by atoms with van der Waals surface area (Å²) in [5.74, 6) is 0.105. The maximum absolute atomic E-state index is 11.9. The molecular formula is C29H52N6O8. The van der Waals surface area contributed by atoms with Gasteiger partial charge in [0.1, 0.15) is 6.61 Å². The van der Waals surface area contributed by atoms with Gasteiger partial charge < -0.3 is 47.3 Å². The summed E-state index contributed by atoms with van der Waals surface area (Å²) in [7, 11) is 0. The second-order valence-electron chi connectivity index (χ2n) is 11.4. The van der Waals surface area contributed by atoms with E-state index in [1.165, 1.54) is 0 Å². The van der Waals surface area contributed by atoms with Gasteiger partial charge in [0.25, 0.3) is 0 Å². The Morgan fingerprint density at radius 2 is 1.60 bits per heavy atom. The normalized spacial score (nSPS) is 11.4. The van der Waals surface area contributed by atoms with E-state index in [4.69, 9.17) is 21.3 Å². The molecule has 0 aliphatic carbocycles. The Bertz CT molecular complexity index is 978. The van der Waals surface area contributed by atoms with Crippen molar-refractivity contribution in [3.8, 4) is 0 Å². The minimum absolute atomic E-state index is 0.0241. The lowest BCUT2D eigenvalue weighted by molar-refractivity contribution is -0.129. The second-order valence-corrected chi connectivity index (χ2v) is 11.4. The standard InChI is InChI=1S/C14H30N2O2.C11H12N2O5.C4H10N2O/c1-10(2)11(3)16-12(17)8-14(6,7)18-9-13(4,5)15;14-7-12-5-10(15)13-9-3-1-8(2-4-9)6-18-11(16)17;1-2-3-6-4(5)7/h10-11H,8-9,15H2,1-7H3,(H,16,17);1-4,7H,5-6H2,(H,12,14)(H,13,15)(H,16,17);2-3H2,1H3,(H3,5,6,7). The maximum Gasteiger partial charge on any atom is 0.506 e. The van der Waals surface area contributed by atoms with Crippen LogP contribution in [0.25, 0.3) is 0 Å². The molecule has 9 N–H and O–H groups in total. The van der Waals surface area contributed by atoms with E-state index in [0.29, 0.717) is 43.2 Å². The Hall–Kier alpha value is -3.91. The highest BCUT2D eigenvalue weighted by atomic mass is 16.7. The van der Waals surface area contributed by atoms with E-state index in [2.05, 4.69) is 39.9 Å². The third-order valence-corrected chi connectivity index (χ3v) is 5.31. The summed E-state index contributed by atoms with van der Waals surface area (Å²) in [4.78, 5) is 53.1. The zero-order valence-electron chi connectivity index (χ0n) is 26.7. The fraction of sp³-hybridized carbons (Fsp3) is 0.621. The molecule has 1 atom stereocenters. The van der Waals surface area contributed by atoms with E-state index in [1.807, 2.05) is 41.5 Å². The highest BCUT2D eigenvalue weighted by Crippen LogP contribution is 2.17. The van der Waals surface area contributed by atoms with Gasteiger partial charge in [-0.05, 0) is 64.7 Å². The van der Waals surface area contributed by atoms with Crippen LogP contribution in [-0.4, -0.2) is 72.4 Å². The van der Waals surface area contributed by atoms with E-state index in [-0.39, 0.29) is 36.5 Å². The van der Waals surface area contributed by atoms with Gasteiger partial charge in [-0.1, -0.05) is 32.9 Å². The van der Waals surface area contributed by atoms with E-state index in [1.54, 1.807) is 24.3 Å². The van der Waals surface area contributed by atoms with Gasteiger partial charge in [-0.3, -0.25) is 14.4 Å². The van der Waals surface area contributed by atoms with Crippen molar-refractivity contribution in [2.75, 3.05) is 25.0 Å². The van der Waals surface area contributed by atoms with Crippen molar-refractivity contribution in [1.29, 1.82) is 0 Å². The highest BCUT2D eigenvalue weighted by molar-refractivity contribution is 5.93. The first-order valence-electron chi connectivity index (χ1n) is 14.0. The van der Waals surface area contributed by atoms with Crippen LogP contribution in [0.1, 0.15) is 73.8 Å². The van der Waals surface area contributed by atoms with Crippen LogP contribution in [0.15, 0.2) is 24.3 Å². The molecule has 43 heavy (non-hydrogen) atoms. The number of carbonyl (C=O) groups is 5. The Morgan fingerprint density at radius 3 is 2.02 bits per heavy atom. The molecule has 0 heterocycles. The van der Waals surface area contributed by atoms with Crippen LogP contribution in [0.5, 0.6) is 0 Å². The summed E-state index contributed by atoms with van der Waals surface area (Å²) in [5.41, 5.74) is 10.9. The zero-order valence-corrected chi connectivity index (χ0v) is 26.7. The molecule has 0 aromatic heterocycles. The number of hydrogen-bond donors (Lipinski definition) is 7. The summed E-state index contributed by atoms with van der Waals surface area (Å²) < 4.78 is 10.1. The van der Waals surface area contributed by atoms with Crippen LogP contribution in [0.4, 0.5) is 15.3 Å². The van der Waals surface area contributed by atoms with E-state index >= 15 is 0 Å². The van der Waals surface area contributed by atoms with Gasteiger partial charge in [0.05, 0.1) is 25.2 Å². The lowest BCUT2D eigenvalue weighted by atomic mass is 10.0.